The van der Waals surface area contributed by atoms with Gasteiger partial charge in [-0.15, -0.1) is 0 Å². The highest BCUT2D eigenvalue weighted by atomic mass is 35.5. The van der Waals surface area contributed by atoms with Gasteiger partial charge in [-0.2, -0.15) is 0 Å². The van der Waals surface area contributed by atoms with Gasteiger partial charge in [0, 0.05) is 17.7 Å². The molecule has 0 amide bonds. The molecule has 2 aromatic heterocycles. The second-order valence-electron chi connectivity index (χ2n) is 7.12. The number of imidazole rings is 1. The minimum absolute atomic E-state index is 0.0846. The van der Waals surface area contributed by atoms with Crippen molar-refractivity contribution in [1.29, 1.82) is 0 Å². The van der Waals surface area contributed by atoms with Gasteiger partial charge in [0.05, 0.1) is 0 Å². The van der Waals surface area contributed by atoms with E-state index in [1.807, 2.05) is 25.1 Å². The molecule has 1 aliphatic carbocycles. The van der Waals surface area contributed by atoms with E-state index in [2.05, 4.69) is 9.97 Å². The van der Waals surface area contributed by atoms with E-state index in [4.69, 9.17) is 21.3 Å². The number of aromatic amines is 1. The van der Waals surface area contributed by atoms with Crippen molar-refractivity contribution >= 4 is 11.6 Å². The van der Waals surface area contributed by atoms with E-state index >= 15 is 0 Å². The third-order valence-electron chi connectivity index (χ3n) is 5.04. The number of aryl methyl sites for hydroxylation is 2. The van der Waals surface area contributed by atoms with Crippen LogP contribution in [0.5, 0.6) is 5.75 Å². The second-order valence-corrected chi connectivity index (χ2v) is 7.50. The van der Waals surface area contributed by atoms with Crippen molar-refractivity contribution in [1.82, 2.24) is 15.0 Å². The van der Waals surface area contributed by atoms with Crippen molar-refractivity contribution in [3.8, 4) is 17.0 Å². The summed E-state index contributed by atoms with van der Waals surface area (Å²) >= 11 is 6.37. The first kappa shape index (κ1) is 18.0. The molecule has 27 heavy (non-hydrogen) atoms. The molecular formula is C21H21ClFN3O. The smallest absolute Gasteiger partial charge is 0.148 e. The first-order valence-electron chi connectivity index (χ1n) is 9.11. The molecule has 0 atom stereocenters. The van der Waals surface area contributed by atoms with Crippen LogP contribution in [0.15, 0.2) is 30.5 Å². The Hall–Kier alpha value is -2.40. The van der Waals surface area contributed by atoms with Gasteiger partial charge >= 0.3 is 0 Å². The predicted molar refractivity (Wildman–Crippen MR) is 104 cm³/mol. The van der Waals surface area contributed by atoms with Crippen molar-refractivity contribution in [3.05, 3.63) is 64.1 Å². The monoisotopic (exact) mass is 385 g/mol. The third-order valence-corrected chi connectivity index (χ3v) is 5.31. The third kappa shape index (κ3) is 3.69. The molecule has 1 N–H and O–H groups in total. The minimum atomic E-state index is -0.351. The van der Waals surface area contributed by atoms with E-state index < -0.39 is 0 Å². The highest BCUT2D eigenvalue weighted by Crippen LogP contribution is 2.38. The van der Waals surface area contributed by atoms with Crippen molar-refractivity contribution < 1.29 is 9.13 Å². The van der Waals surface area contributed by atoms with Gasteiger partial charge in [-0.3, -0.25) is 4.98 Å². The number of nitrogens with zero attached hydrogens (tertiary/aromatic N) is 2. The molecule has 1 aromatic carbocycles. The summed E-state index contributed by atoms with van der Waals surface area (Å²) in [5.74, 6) is 1.81. The number of rotatable bonds is 5. The lowest BCUT2D eigenvalue weighted by Crippen LogP contribution is -2.10. The van der Waals surface area contributed by atoms with Crippen LogP contribution in [0, 0.1) is 19.7 Å². The fraction of sp³-hybridized carbons (Fsp3) is 0.333. The zero-order chi connectivity index (χ0) is 19.0. The van der Waals surface area contributed by atoms with Crippen LogP contribution in [0.1, 0.15) is 47.8 Å². The van der Waals surface area contributed by atoms with Gasteiger partial charge in [-0.1, -0.05) is 18.0 Å². The molecule has 0 radical (unpaired) electrons. The van der Waals surface area contributed by atoms with Gasteiger partial charge < -0.3 is 9.72 Å². The van der Waals surface area contributed by atoms with Crippen LogP contribution < -0.4 is 4.74 Å². The highest BCUT2D eigenvalue weighted by molar-refractivity contribution is 6.31. The maximum absolute atomic E-state index is 13.9. The molecule has 1 saturated carbocycles. The summed E-state index contributed by atoms with van der Waals surface area (Å²) in [6.07, 6.45) is 5.22. The molecule has 1 aliphatic rings. The van der Waals surface area contributed by atoms with E-state index in [0.717, 1.165) is 28.2 Å². The van der Waals surface area contributed by atoms with Crippen LogP contribution in [0.25, 0.3) is 11.3 Å². The van der Waals surface area contributed by atoms with Crippen LogP contribution in [0.3, 0.4) is 0 Å². The number of nitrogens with one attached hydrogen (secondary N) is 1. The van der Waals surface area contributed by atoms with Crippen LogP contribution in [0.2, 0.25) is 5.15 Å². The molecular weight excluding hydrogens is 365 g/mol. The molecule has 4 rings (SSSR count). The molecule has 1 fully saturated rings. The minimum Gasteiger partial charge on any atom is -0.487 e. The number of hydrogen-bond donors (Lipinski definition) is 1. The molecule has 4 nitrogen and oxygen atoms in total. The van der Waals surface area contributed by atoms with E-state index in [9.17, 15) is 4.39 Å². The lowest BCUT2D eigenvalue weighted by atomic mass is 9.85. The van der Waals surface area contributed by atoms with Gasteiger partial charge in [0.2, 0.25) is 0 Å². The molecule has 0 spiro atoms. The Labute approximate surface area is 162 Å². The average Bonchev–Trinajstić information content (AvgIpc) is 2.94. The zero-order valence-corrected chi connectivity index (χ0v) is 16.1. The first-order chi connectivity index (χ1) is 13.0. The molecule has 0 saturated heterocycles. The normalized spacial score (nSPS) is 14.2. The quantitative estimate of drug-likeness (QED) is 0.610. The molecule has 140 valence electrons. The molecule has 0 unspecified atom stereocenters. The summed E-state index contributed by atoms with van der Waals surface area (Å²) in [4.78, 5) is 12.0. The summed E-state index contributed by atoms with van der Waals surface area (Å²) in [5.41, 5.74) is 3.72. The fourth-order valence-electron chi connectivity index (χ4n) is 3.21. The van der Waals surface area contributed by atoms with Gasteiger partial charge in [-0.25, -0.2) is 9.37 Å². The fourth-order valence-corrected chi connectivity index (χ4v) is 3.46. The Morgan fingerprint density at radius 3 is 2.74 bits per heavy atom. The largest absolute Gasteiger partial charge is 0.487 e. The Morgan fingerprint density at radius 1 is 1.26 bits per heavy atom. The second kappa shape index (κ2) is 7.31. The summed E-state index contributed by atoms with van der Waals surface area (Å²) in [7, 11) is 0. The van der Waals surface area contributed by atoms with Crippen LogP contribution in [-0.4, -0.2) is 15.0 Å². The van der Waals surface area contributed by atoms with E-state index in [1.165, 1.54) is 25.3 Å². The van der Waals surface area contributed by atoms with Crippen LogP contribution >= 0.6 is 11.6 Å². The number of H-pyrrole nitrogens is 1. The molecule has 0 aliphatic heterocycles. The molecule has 6 heteroatoms. The van der Waals surface area contributed by atoms with Gasteiger partial charge in [0.25, 0.3) is 0 Å². The Bertz CT molecular complexity index is 982. The van der Waals surface area contributed by atoms with E-state index in [0.29, 0.717) is 22.5 Å². The van der Waals surface area contributed by atoms with Gasteiger partial charge in [0.1, 0.15) is 40.5 Å². The maximum Gasteiger partial charge on any atom is 0.148 e. The predicted octanol–water partition coefficient (Wildman–Crippen LogP) is 5.73. The van der Waals surface area contributed by atoms with Crippen LogP contribution in [0.4, 0.5) is 4.39 Å². The standard InChI is InChI=1S/C21H21ClFN3O/c1-12-8-16(23)17(24-10-12)11-27-18-7-6-15(9-13(18)2)19-20(22)26-21(25-19)14-4-3-5-14/h6-10,14H,3-5,11H2,1-2H3,(H,25,26). The Kier molecular flexibility index (Phi) is 4.87. The summed E-state index contributed by atoms with van der Waals surface area (Å²) in [6, 6.07) is 7.24. The van der Waals surface area contributed by atoms with Gasteiger partial charge in [0.15, 0.2) is 0 Å². The number of ether oxygens (including phenoxy) is 1. The lowest BCUT2D eigenvalue weighted by Gasteiger charge is -2.22. The number of halogens is 2. The van der Waals surface area contributed by atoms with E-state index in [1.54, 1.807) is 13.1 Å². The van der Waals surface area contributed by atoms with Crippen molar-refractivity contribution in [2.24, 2.45) is 0 Å². The van der Waals surface area contributed by atoms with Gasteiger partial charge in [-0.05, 0) is 62.1 Å². The van der Waals surface area contributed by atoms with E-state index in [-0.39, 0.29) is 12.4 Å². The topological polar surface area (TPSA) is 50.8 Å². The highest BCUT2D eigenvalue weighted by Gasteiger charge is 2.24. The first-order valence-corrected chi connectivity index (χ1v) is 9.49. The SMILES string of the molecule is Cc1cnc(COc2ccc(-c3nc(C4CCC4)[nH]c3Cl)cc2C)c(F)c1. The molecule has 2 heterocycles. The molecule has 0 bridgehead atoms. The maximum atomic E-state index is 13.9. The average molecular weight is 386 g/mol. The van der Waals surface area contributed by atoms with Crippen molar-refractivity contribution in [2.75, 3.05) is 0 Å². The summed E-state index contributed by atoms with van der Waals surface area (Å²) in [5, 5.41) is 0.566. The lowest BCUT2D eigenvalue weighted by molar-refractivity contribution is 0.292. The number of hydrogen-bond acceptors (Lipinski definition) is 3. The number of pyridine rings is 1. The van der Waals surface area contributed by atoms with Crippen molar-refractivity contribution in [2.45, 2.75) is 45.6 Å². The number of aromatic nitrogens is 3. The molecule has 3 aromatic rings. The summed E-state index contributed by atoms with van der Waals surface area (Å²) in [6.45, 7) is 3.84. The Morgan fingerprint density at radius 2 is 2.07 bits per heavy atom. The zero-order valence-electron chi connectivity index (χ0n) is 15.4. The summed E-state index contributed by atoms with van der Waals surface area (Å²) < 4.78 is 19.7. The Balaban J connectivity index is 1.51. The number of benzene rings is 1. The van der Waals surface area contributed by atoms with Crippen LogP contribution in [-0.2, 0) is 6.61 Å². The van der Waals surface area contributed by atoms with Crippen molar-refractivity contribution in [3.63, 3.8) is 0 Å².